The van der Waals surface area contributed by atoms with Gasteiger partial charge in [-0.15, -0.1) is 0 Å². The molecule has 270 valence electrons. The van der Waals surface area contributed by atoms with Gasteiger partial charge in [0.15, 0.2) is 0 Å². The summed E-state index contributed by atoms with van der Waals surface area (Å²) in [4.78, 5) is 33.0. The van der Waals surface area contributed by atoms with Gasteiger partial charge in [-0.3, -0.25) is 14.5 Å². The molecule has 1 N–H and O–H groups in total. The normalized spacial score (nSPS) is 15.6. The maximum Gasteiger partial charge on any atom is 0.416 e. The van der Waals surface area contributed by atoms with Crippen LogP contribution in [0.25, 0.3) is 10.8 Å². The van der Waals surface area contributed by atoms with Gasteiger partial charge in [0.2, 0.25) is 5.91 Å². The van der Waals surface area contributed by atoms with E-state index >= 15 is 0 Å². The number of benzene rings is 4. The number of alkyl halides is 3. The second-order valence-corrected chi connectivity index (χ2v) is 14.1. The van der Waals surface area contributed by atoms with Gasteiger partial charge >= 0.3 is 12.1 Å². The molecule has 1 fully saturated rings. The fraction of sp³-hybridized carbons (Fsp3) is 0.385. The predicted molar refractivity (Wildman–Crippen MR) is 194 cm³/mol. The van der Waals surface area contributed by atoms with E-state index in [1.807, 2.05) is 65.6 Å². The number of hydrogen-bond donors (Lipinski definition) is 1. The van der Waals surface area contributed by atoms with Crippen molar-refractivity contribution in [3.63, 3.8) is 0 Å². The summed E-state index contributed by atoms with van der Waals surface area (Å²) in [5.74, 6) is -0.301. The third-order valence-electron chi connectivity index (χ3n) is 9.33. The molecule has 12 heteroatoms. The zero-order valence-electron chi connectivity index (χ0n) is 28.9. The summed E-state index contributed by atoms with van der Waals surface area (Å²) in [5, 5.41) is 4.88. The van der Waals surface area contributed by atoms with Crippen molar-refractivity contribution in [2.24, 2.45) is 5.92 Å². The predicted octanol–water partition coefficient (Wildman–Crippen LogP) is 7.36. The van der Waals surface area contributed by atoms with Crippen molar-refractivity contribution in [2.45, 2.75) is 42.8 Å². The number of anilines is 2. The van der Waals surface area contributed by atoms with Crippen LogP contribution in [0.3, 0.4) is 0 Å². The lowest BCUT2D eigenvalue weighted by Crippen LogP contribution is -2.47. The van der Waals surface area contributed by atoms with Crippen LogP contribution in [0.5, 0.6) is 5.75 Å². The first-order valence-electron chi connectivity index (χ1n) is 17.3. The number of carbonyl (C=O) groups is 2. The monoisotopic (exact) mass is 720 g/mol. The van der Waals surface area contributed by atoms with E-state index in [9.17, 15) is 22.8 Å². The Kier molecular flexibility index (Phi) is 11.7. The highest BCUT2D eigenvalue weighted by Crippen LogP contribution is 2.49. The molecule has 0 aromatic heterocycles. The molecule has 1 amide bonds. The van der Waals surface area contributed by atoms with Gasteiger partial charge in [-0.1, -0.05) is 54.2 Å². The molecule has 2 aliphatic heterocycles. The molecule has 0 saturated carbocycles. The summed E-state index contributed by atoms with van der Waals surface area (Å²) < 4.78 is 52.4. The minimum Gasteiger partial charge on any atom is -0.492 e. The number of hydrogen-bond acceptors (Lipinski definition) is 8. The molecular weight excluding hydrogens is 678 g/mol. The van der Waals surface area contributed by atoms with Crippen LogP contribution in [0, 0.1) is 5.92 Å². The highest BCUT2D eigenvalue weighted by atomic mass is 32.2. The number of nitrogens with zero attached hydrogens (tertiary/aromatic N) is 3. The molecule has 2 heterocycles. The number of ether oxygens (including phenoxy) is 2. The fourth-order valence-electron chi connectivity index (χ4n) is 6.48. The SMILES string of the molecule is CC(=O)NCc1c(OCC(C)C(=O)OCCN2CCN(CCCN3c4ccccc4Sc4ccc(C(F)(F)F)cc43)CC2)ccc2ccccc12. The maximum absolute atomic E-state index is 13.6. The highest BCUT2D eigenvalue weighted by molar-refractivity contribution is 7.99. The number of para-hydroxylation sites is 1. The molecule has 0 spiro atoms. The quantitative estimate of drug-likeness (QED) is 0.144. The molecule has 51 heavy (non-hydrogen) atoms. The van der Waals surface area contributed by atoms with Crippen LogP contribution in [-0.2, 0) is 27.0 Å². The molecule has 1 unspecified atom stereocenters. The van der Waals surface area contributed by atoms with Crippen molar-refractivity contribution < 1.29 is 32.2 Å². The summed E-state index contributed by atoms with van der Waals surface area (Å²) in [6, 6.07) is 23.6. The topological polar surface area (TPSA) is 74.3 Å². The lowest BCUT2D eigenvalue weighted by molar-refractivity contribution is -0.149. The molecule has 0 aliphatic carbocycles. The van der Waals surface area contributed by atoms with Gasteiger partial charge in [0.25, 0.3) is 0 Å². The standard InChI is InChI=1S/C39H43F3N4O4S/c1-27(26-50-35-14-12-29-8-3-4-9-31(29)32(35)25-43-28(2)47)38(48)49-23-22-45-20-18-44(19-21-45)16-7-17-46-33-10-5-6-11-36(33)51-37-15-13-30(24-34(37)46)39(40,41)42/h3-6,8-15,24,27H,7,16-23,25-26H2,1-2H3,(H,43,47). The Morgan fingerprint density at radius 3 is 2.33 bits per heavy atom. The van der Waals surface area contributed by atoms with Crippen molar-refractivity contribution in [3.05, 3.63) is 90.0 Å². The zero-order valence-corrected chi connectivity index (χ0v) is 29.7. The summed E-state index contributed by atoms with van der Waals surface area (Å²) in [5.41, 5.74) is 1.78. The second-order valence-electron chi connectivity index (χ2n) is 13.0. The zero-order chi connectivity index (χ0) is 36.0. The number of carbonyl (C=O) groups excluding carboxylic acids is 2. The van der Waals surface area contributed by atoms with Crippen molar-refractivity contribution in [1.29, 1.82) is 0 Å². The molecule has 1 atom stereocenters. The highest BCUT2D eigenvalue weighted by Gasteiger charge is 2.33. The van der Waals surface area contributed by atoms with Crippen LogP contribution in [0.15, 0.2) is 88.7 Å². The van der Waals surface area contributed by atoms with Gasteiger partial charge in [0, 0.05) is 68.1 Å². The fourth-order valence-corrected chi connectivity index (χ4v) is 7.56. The molecule has 8 nitrogen and oxygen atoms in total. The molecule has 4 aromatic rings. The first kappa shape index (κ1) is 36.5. The van der Waals surface area contributed by atoms with Crippen LogP contribution in [0.1, 0.15) is 31.4 Å². The molecule has 6 rings (SSSR count). The van der Waals surface area contributed by atoms with Gasteiger partial charge in [-0.25, -0.2) is 0 Å². The number of esters is 1. The van der Waals surface area contributed by atoms with E-state index in [1.54, 1.807) is 13.0 Å². The van der Waals surface area contributed by atoms with E-state index in [-0.39, 0.29) is 18.5 Å². The van der Waals surface area contributed by atoms with Gasteiger partial charge < -0.3 is 24.6 Å². The Morgan fingerprint density at radius 2 is 1.57 bits per heavy atom. The first-order chi connectivity index (χ1) is 24.6. The number of rotatable bonds is 13. The molecular formula is C39H43F3N4O4S. The van der Waals surface area contributed by atoms with E-state index in [2.05, 4.69) is 15.1 Å². The Balaban J connectivity index is 0.931. The minimum atomic E-state index is -4.40. The van der Waals surface area contributed by atoms with Crippen molar-refractivity contribution in [2.75, 3.05) is 63.9 Å². The maximum atomic E-state index is 13.6. The molecule has 4 aromatic carbocycles. The lowest BCUT2D eigenvalue weighted by atomic mass is 10.0. The number of halogens is 3. The van der Waals surface area contributed by atoms with Crippen LogP contribution < -0.4 is 15.0 Å². The summed E-state index contributed by atoms with van der Waals surface area (Å²) in [6.07, 6.45) is -3.59. The number of nitrogens with one attached hydrogen (secondary N) is 1. The minimum absolute atomic E-state index is 0.133. The molecule has 0 bridgehead atoms. The van der Waals surface area contributed by atoms with Crippen molar-refractivity contribution in [3.8, 4) is 5.75 Å². The second kappa shape index (κ2) is 16.4. The Hall–Kier alpha value is -4.26. The summed E-state index contributed by atoms with van der Waals surface area (Å²) in [7, 11) is 0. The van der Waals surface area contributed by atoms with Crippen molar-refractivity contribution >= 4 is 45.8 Å². The Morgan fingerprint density at radius 1 is 0.863 bits per heavy atom. The van der Waals surface area contributed by atoms with Gasteiger partial charge in [0.1, 0.15) is 19.0 Å². The van der Waals surface area contributed by atoms with E-state index in [0.29, 0.717) is 37.7 Å². The van der Waals surface area contributed by atoms with Gasteiger partial charge in [-0.05, 0) is 67.1 Å². The largest absolute Gasteiger partial charge is 0.492 e. The van der Waals surface area contributed by atoms with E-state index in [4.69, 9.17) is 9.47 Å². The van der Waals surface area contributed by atoms with Crippen LogP contribution >= 0.6 is 11.8 Å². The van der Waals surface area contributed by atoms with E-state index in [0.717, 1.165) is 77.0 Å². The van der Waals surface area contributed by atoms with E-state index in [1.165, 1.54) is 24.8 Å². The summed E-state index contributed by atoms with van der Waals surface area (Å²) in [6.45, 7) is 9.53. The lowest BCUT2D eigenvalue weighted by Gasteiger charge is -2.36. The number of piperazine rings is 1. The first-order valence-corrected chi connectivity index (χ1v) is 18.1. The number of fused-ring (bicyclic) bond motifs is 3. The molecule has 2 aliphatic rings. The summed E-state index contributed by atoms with van der Waals surface area (Å²) >= 11 is 1.51. The third kappa shape index (κ3) is 9.16. The van der Waals surface area contributed by atoms with Crippen LogP contribution in [-0.4, -0.2) is 80.7 Å². The van der Waals surface area contributed by atoms with E-state index < -0.39 is 17.7 Å². The molecule has 1 saturated heterocycles. The van der Waals surface area contributed by atoms with Crippen molar-refractivity contribution in [1.82, 2.24) is 15.1 Å². The third-order valence-corrected chi connectivity index (χ3v) is 10.5. The van der Waals surface area contributed by atoms with Gasteiger partial charge in [0.05, 0.1) is 22.9 Å². The van der Waals surface area contributed by atoms with Crippen LogP contribution in [0.4, 0.5) is 24.5 Å². The number of amides is 1. The smallest absolute Gasteiger partial charge is 0.416 e. The van der Waals surface area contributed by atoms with Crippen LogP contribution in [0.2, 0.25) is 0 Å². The average Bonchev–Trinajstić information content (AvgIpc) is 3.12. The molecule has 0 radical (unpaired) electrons. The Labute approximate surface area is 300 Å². The average molecular weight is 721 g/mol. The van der Waals surface area contributed by atoms with Gasteiger partial charge in [-0.2, -0.15) is 13.2 Å². The Bertz CT molecular complexity index is 1850.